The molecule has 6 fully saturated rings. The molecule has 0 saturated heterocycles. The third-order valence-electron chi connectivity index (χ3n) is 6.82. The number of nitrogens with one attached hydrogen (secondary N) is 1. The standard InChI is InChI=1S/C11H14N2O2/c1-2(12)10-3-6-4(10)8-5(10)7(3)11(6,8)13-9(14)15/h2-8,13H,12H2,1H3,(H,14,15). The zero-order chi connectivity index (χ0) is 10.3. The molecule has 0 aromatic heterocycles. The highest BCUT2D eigenvalue weighted by Gasteiger charge is 3.10. The molecule has 0 aromatic carbocycles. The summed E-state index contributed by atoms with van der Waals surface area (Å²) in [4.78, 5) is 10.8. The Morgan fingerprint density at radius 1 is 1.27 bits per heavy atom. The van der Waals surface area contributed by atoms with E-state index in [1.807, 2.05) is 0 Å². The number of amides is 1. The first-order chi connectivity index (χ1) is 7.09. The summed E-state index contributed by atoms with van der Waals surface area (Å²) in [6.07, 6.45) is -0.833. The summed E-state index contributed by atoms with van der Waals surface area (Å²) in [5.74, 6) is 4.34. The first-order valence-electron chi connectivity index (χ1n) is 5.86. The van der Waals surface area contributed by atoms with Gasteiger partial charge < -0.3 is 16.2 Å². The highest BCUT2D eigenvalue weighted by molar-refractivity contribution is 5.72. The molecule has 4 heteroatoms. The normalized spacial score (nSPS) is 74.8. The lowest BCUT2D eigenvalue weighted by Crippen LogP contribution is -3.16. The van der Waals surface area contributed by atoms with E-state index in [0.29, 0.717) is 29.2 Å². The lowest BCUT2D eigenvalue weighted by molar-refractivity contribution is -0.627. The van der Waals surface area contributed by atoms with Crippen LogP contribution in [0.4, 0.5) is 4.79 Å². The van der Waals surface area contributed by atoms with Gasteiger partial charge in [0, 0.05) is 6.04 Å². The topological polar surface area (TPSA) is 75.3 Å². The van der Waals surface area contributed by atoms with Crippen LogP contribution >= 0.6 is 0 Å². The zero-order valence-electron chi connectivity index (χ0n) is 8.47. The van der Waals surface area contributed by atoms with Gasteiger partial charge in [0.1, 0.15) is 0 Å². The maximum absolute atomic E-state index is 10.8. The van der Waals surface area contributed by atoms with Gasteiger partial charge in [-0.25, -0.2) is 4.79 Å². The molecule has 0 radical (unpaired) electrons. The van der Waals surface area contributed by atoms with Gasteiger partial charge in [0.15, 0.2) is 0 Å². The number of nitrogens with two attached hydrogens (primary N) is 1. The maximum atomic E-state index is 10.8. The van der Waals surface area contributed by atoms with Crippen LogP contribution in [0.15, 0.2) is 0 Å². The monoisotopic (exact) mass is 206 g/mol. The summed E-state index contributed by atoms with van der Waals surface area (Å²) >= 11 is 0. The van der Waals surface area contributed by atoms with Crippen molar-refractivity contribution in [3.63, 3.8) is 0 Å². The van der Waals surface area contributed by atoms with E-state index in [1.54, 1.807) is 0 Å². The predicted octanol–water partition coefficient (Wildman–Crippen LogP) is 0.0916. The van der Waals surface area contributed by atoms with Crippen molar-refractivity contribution in [3.8, 4) is 0 Å². The Morgan fingerprint density at radius 2 is 1.73 bits per heavy atom. The smallest absolute Gasteiger partial charge is 0.405 e. The van der Waals surface area contributed by atoms with E-state index in [4.69, 9.17) is 10.8 Å². The average molecular weight is 206 g/mol. The summed E-state index contributed by atoms with van der Waals surface area (Å²) in [6.45, 7) is 2.14. The fourth-order valence-electron chi connectivity index (χ4n) is 6.96. The van der Waals surface area contributed by atoms with E-state index in [9.17, 15) is 4.79 Å². The Labute approximate surface area is 87.2 Å². The third kappa shape index (κ3) is 0.338. The molecule has 1 atom stereocenters. The molecule has 80 valence electrons. The van der Waals surface area contributed by atoms with Crippen molar-refractivity contribution in [1.29, 1.82) is 0 Å². The Hall–Kier alpha value is -0.770. The second-order valence-electron chi connectivity index (χ2n) is 6.31. The van der Waals surface area contributed by atoms with E-state index in [0.717, 1.165) is 17.8 Å². The van der Waals surface area contributed by atoms with Gasteiger partial charge in [-0.05, 0) is 47.8 Å². The summed E-state index contributed by atoms with van der Waals surface area (Å²) in [7, 11) is 0. The molecule has 0 heterocycles. The van der Waals surface area contributed by atoms with E-state index >= 15 is 0 Å². The van der Waals surface area contributed by atoms with Crippen molar-refractivity contribution >= 4 is 6.09 Å². The molecule has 0 aliphatic heterocycles. The largest absolute Gasteiger partial charge is 0.465 e. The second kappa shape index (κ2) is 1.51. The number of carbonyl (C=O) groups is 1. The fourth-order valence-corrected chi connectivity index (χ4v) is 6.96. The van der Waals surface area contributed by atoms with Crippen LogP contribution in [0.2, 0.25) is 0 Å². The van der Waals surface area contributed by atoms with Crippen molar-refractivity contribution < 1.29 is 9.90 Å². The first-order valence-corrected chi connectivity index (χ1v) is 5.86. The van der Waals surface area contributed by atoms with Crippen molar-refractivity contribution in [1.82, 2.24) is 5.32 Å². The van der Waals surface area contributed by atoms with Crippen LogP contribution in [-0.4, -0.2) is 22.8 Å². The molecule has 6 saturated carbocycles. The van der Waals surface area contributed by atoms with Gasteiger partial charge in [0.25, 0.3) is 0 Å². The minimum atomic E-state index is -0.833. The van der Waals surface area contributed by atoms with Gasteiger partial charge >= 0.3 is 6.09 Å². The summed E-state index contributed by atoms with van der Waals surface area (Å²) in [6, 6.07) is 0.323. The van der Waals surface area contributed by atoms with Crippen LogP contribution in [0.5, 0.6) is 0 Å². The van der Waals surface area contributed by atoms with Crippen molar-refractivity contribution in [2.75, 3.05) is 0 Å². The quantitative estimate of drug-likeness (QED) is 0.599. The van der Waals surface area contributed by atoms with E-state index in [-0.39, 0.29) is 5.54 Å². The number of carboxylic acid groups (broad SMARTS) is 1. The van der Waals surface area contributed by atoms with Crippen LogP contribution in [0.3, 0.4) is 0 Å². The van der Waals surface area contributed by atoms with Crippen molar-refractivity contribution in [3.05, 3.63) is 0 Å². The molecular weight excluding hydrogens is 192 g/mol. The number of hydrogen-bond acceptors (Lipinski definition) is 2. The van der Waals surface area contributed by atoms with Gasteiger partial charge in [-0.15, -0.1) is 0 Å². The van der Waals surface area contributed by atoms with Gasteiger partial charge in [-0.1, -0.05) is 0 Å². The van der Waals surface area contributed by atoms with Crippen molar-refractivity contribution in [2.24, 2.45) is 46.7 Å². The molecule has 0 bridgehead atoms. The summed E-state index contributed by atoms with van der Waals surface area (Å²) in [5.41, 5.74) is 6.61. The van der Waals surface area contributed by atoms with Crippen molar-refractivity contribution in [2.45, 2.75) is 18.5 Å². The third-order valence-corrected chi connectivity index (χ3v) is 6.82. The molecule has 6 aliphatic carbocycles. The maximum Gasteiger partial charge on any atom is 0.405 e. The summed E-state index contributed by atoms with van der Waals surface area (Å²) in [5, 5.41) is 11.7. The van der Waals surface area contributed by atoms with Crippen LogP contribution in [0, 0.1) is 40.9 Å². The first kappa shape index (κ1) is 7.49. The van der Waals surface area contributed by atoms with E-state index < -0.39 is 6.09 Å². The van der Waals surface area contributed by atoms with E-state index in [1.165, 1.54) is 0 Å². The molecule has 1 unspecified atom stereocenters. The molecule has 15 heavy (non-hydrogen) atoms. The van der Waals surface area contributed by atoms with Gasteiger partial charge in [-0.2, -0.15) is 0 Å². The lowest BCUT2D eigenvalue weighted by Gasteiger charge is -3.11. The zero-order valence-corrected chi connectivity index (χ0v) is 8.47. The Balaban J connectivity index is 1.52. The Morgan fingerprint density at radius 3 is 2.07 bits per heavy atom. The molecule has 1 amide bonds. The average Bonchev–Trinajstić information content (AvgIpc) is 2.17. The minimum absolute atomic E-state index is 0.0441. The Kier molecular flexibility index (Phi) is 0.753. The molecule has 4 nitrogen and oxygen atoms in total. The lowest BCUT2D eigenvalue weighted by atomic mass is 8.93. The van der Waals surface area contributed by atoms with Gasteiger partial charge in [0.2, 0.25) is 0 Å². The molecule has 4 N–H and O–H groups in total. The van der Waals surface area contributed by atoms with E-state index in [2.05, 4.69) is 12.2 Å². The van der Waals surface area contributed by atoms with Crippen LogP contribution in [0.25, 0.3) is 0 Å². The summed E-state index contributed by atoms with van der Waals surface area (Å²) < 4.78 is 0. The molecule has 0 aromatic rings. The van der Waals surface area contributed by atoms with Crippen LogP contribution in [-0.2, 0) is 0 Å². The number of hydrogen-bond donors (Lipinski definition) is 3. The van der Waals surface area contributed by atoms with Gasteiger partial charge in [0.05, 0.1) is 5.54 Å². The molecule has 0 spiro atoms. The number of rotatable bonds is 2. The molecular formula is C11H14N2O2. The second-order valence-corrected chi connectivity index (χ2v) is 6.31. The fraction of sp³-hybridized carbons (Fsp3) is 0.909. The molecule has 6 aliphatic rings. The van der Waals surface area contributed by atoms with Crippen LogP contribution in [0.1, 0.15) is 6.92 Å². The minimum Gasteiger partial charge on any atom is -0.465 e. The SMILES string of the molecule is CC(N)C12C3C4C1C1C2C3C41NC(=O)O. The van der Waals surface area contributed by atoms with Gasteiger partial charge in [-0.3, -0.25) is 0 Å². The molecule has 6 rings (SSSR count). The highest BCUT2D eigenvalue weighted by atomic mass is 16.4. The predicted molar refractivity (Wildman–Crippen MR) is 50.9 cm³/mol. The van der Waals surface area contributed by atoms with Crippen LogP contribution < -0.4 is 11.1 Å². The highest BCUT2D eigenvalue weighted by Crippen LogP contribution is 3.07. The Bertz CT molecular complexity index is 377.